The highest BCUT2D eigenvalue weighted by Crippen LogP contribution is 2.44. The Morgan fingerprint density at radius 3 is 1.92 bits per heavy atom. The molecule has 2 N–H and O–H groups in total. The van der Waals surface area contributed by atoms with E-state index >= 15 is 0 Å². The third-order valence-corrected chi connectivity index (χ3v) is 9.30. The van der Waals surface area contributed by atoms with Crippen LogP contribution >= 0.6 is 11.6 Å². The van der Waals surface area contributed by atoms with Crippen LogP contribution in [-0.2, 0) is 33.8 Å². The molecule has 9 rings (SSSR count). The molecule has 13 nitrogen and oxygen atoms in total. The van der Waals surface area contributed by atoms with Crippen LogP contribution in [0.2, 0.25) is 5.28 Å². The average molecular weight is 681 g/mol. The number of imidazole rings is 2. The van der Waals surface area contributed by atoms with E-state index in [1.807, 2.05) is 27.7 Å². The minimum atomic E-state index is -3.00. The van der Waals surface area contributed by atoms with Gasteiger partial charge in [0.05, 0.1) is 24.6 Å². The number of rotatable bonds is 5. The summed E-state index contributed by atoms with van der Waals surface area (Å²) < 4.78 is 45.7. The van der Waals surface area contributed by atoms with Crippen LogP contribution in [0.5, 0.6) is 5.75 Å². The molecule has 252 valence electrons. The molecule has 2 aliphatic carbocycles. The van der Waals surface area contributed by atoms with Crippen LogP contribution in [-0.4, -0.2) is 63.8 Å². The van der Waals surface area contributed by atoms with Gasteiger partial charge in [-0.05, 0) is 71.0 Å². The minimum absolute atomic E-state index is 0.113. The van der Waals surface area contributed by atoms with Gasteiger partial charge < -0.3 is 29.1 Å². The number of alkyl halides is 2. The van der Waals surface area contributed by atoms with E-state index in [1.165, 1.54) is 25.1 Å². The first-order chi connectivity index (χ1) is 22.9. The Hall–Kier alpha value is -4.08. The Bertz CT molecular complexity index is 2070. The van der Waals surface area contributed by atoms with Crippen LogP contribution in [0.15, 0.2) is 12.3 Å². The molecule has 5 aromatic rings. The number of aromatic nitrogens is 9. The van der Waals surface area contributed by atoms with Crippen LogP contribution in [0.1, 0.15) is 88.3 Å². The number of nitrogens with zero attached hydrogens (tertiary/aromatic N) is 9. The summed E-state index contributed by atoms with van der Waals surface area (Å²) in [6.07, 6.45) is 5.88. The van der Waals surface area contributed by atoms with Crippen molar-refractivity contribution in [2.45, 2.75) is 96.1 Å². The first-order valence-corrected chi connectivity index (χ1v) is 16.5. The van der Waals surface area contributed by atoms with E-state index in [4.69, 9.17) is 46.7 Å². The zero-order chi connectivity index (χ0) is 33.5. The normalized spacial score (nSPS) is 19.6. The molecule has 2 aliphatic heterocycles. The highest BCUT2D eigenvalue weighted by Gasteiger charge is 2.38. The van der Waals surface area contributed by atoms with E-state index < -0.39 is 12.2 Å². The molecule has 16 heteroatoms. The largest absolute Gasteiger partial charge is 0.431 e. The van der Waals surface area contributed by atoms with Gasteiger partial charge >= 0.3 is 6.61 Å². The summed E-state index contributed by atoms with van der Waals surface area (Å²) in [5.74, 6) is 2.63. The molecule has 5 aromatic heterocycles. The summed E-state index contributed by atoms with van der Waals surface area (Å²) in [6.45, 7) is 7.67. The molecule has 0 atom stereocenters. The lowest BCUT2D eigenvalue weighted by molar-refractivity contribution is -0.0532. The number of anilines is 1. The molecule has 0 amide bonds. The van der Waals surface area contributed by atoms with Gasteiger partial charge in [0, 0.05) is 36.7 Å². The van der Waals surface area contributed by atoms with Gasteiger partial charge in [-0.15, -0.1) is 0 Å². The van der Waals surface area contributed by atoms with E-state index in [2.05, 4.69) is 28.8 Å². The number of nitrogen functional groups attached to an aromatic ring is 1. The molecular formula is C32H35ClF2N10O3. The predicted molar refractivity (Wildman–Crippen MR) is 172 cm³/mol. The number of pyridine rings is 1. The summed E-state index contributed by atoms with van der Waals surface area (Å²) in [6, 6.07) is 1.40. The Morgan fingerprint density at radius 2 is 1.38 bits per heavy atom. The second-order valence-corrected chi connectivity index (χ2v) is 13.9. The second-order valence-electron chi connectivity index (χ2n) is 13.6. The van der Waals surface area contributed by atoms with Gasteiger partial charge in [-0.1, -0.05) is 0 Å². The van der Waals surface area contributed by atoms with Gasteiger partial charge in [0.1, 0.15) is 33.9 Å². The maximum Gasteiger partial charge on any atom is 0.387 e. The Labute approximate surface area is 279 Å². The fraction of sp³-hybridized carbons (Fsp3) is 0.531. The summed E-state index contributed by atoms with van der Waals surface area (Å²) in [7, 11) is 0. The van der Waals surface area contributed by atoms with Crippen LogP contribution in [0.3, 0.4) is 0 Å². The van der Waals surface area contributed by atoms with Crippen LogP contribution < -0.4 is 10.5 Å². The fourth-order valence-corrected chi connectivity index (χ4v) is 6.62. The van der Waals surface area contributed by atoms with Crippen molar-refractivity contribution in [1.29, 1.82) is 0 Å². The van der Waals surface area contributed by atoms with E-state index in [-0.39, 0.29) is 17.2 Å². The van der Waals surface area contributed by atoms with E-state index in [0.29, 0.717) is 48.3 Å². The zero-order valence-electron chi connectivity index (χ0n) is 27.0. The molecule has 0 bridgehead atoms. The number of halogens is 3. The van der Waals surface area contributed by atoms with Gasteiger partial charge in [-0.2, -0.15) is 13.8 Å². The highest BCUT2D eigenvalue weighted by molar-refractivity contribution is 6.28. The molecule has 7 heterocycles. The topological polar surface area (TPSA) is 154 Å². The van der Waals surface area contributed by atoms with Crippen LogP contribution in [0.4, 0.5) is 14.6 Å². The van der Waals surface area contributed by atoms with Crippen molar-refractivity contribution in [2.75, 3.05) is 18.9 Å². The maximum atomic E-state index is 12.7. The molecule has 4 aliphatic rings. The number of hydrogen-bond acceptors (Lipinski definition) is 11. The second kappa shape index (κ2) is 11.2. The lowest BCUT2D eigenvalue weighted by Gasteiger charge is -2.30. The monoisotopic (exact) mass is 680 g/mol. The Balaban J connectivity index is 0.000000153. The van der Waals surface area contributed by atoms with Crippen molar-refractivity contribution >= 4 is 39.7 Å². The fourth-order valence-electron chi connectivity index (χ4n) is 6.45. The molecule has 0 radical (unpaired) electrons. The number of fused-ring (bicyclic) bond motifs is 6. The van der Waals surface area contributed by atoms with Gasteiger partial charge in [-0.3, -0.25) is 0 Å². The lowest BCUT2D eigenvalue weighted by Crippen LogP contribution is -2.33. The minimum Gasteiger partial charge on any atom is -0.431 e. The molecule has 0 spiro atoms. The quantitative estimate of drug-likeness (QED) is 0.223. The Morgan fingerprint density at radius 1 is 0.833 bits per heavy atom. The predicted octanol–water partition coefficient (Wildman–Crippen LogP) is 5.84. The standard InChI is InChI=1S/C19H20F2N6O2.C13H15ClN4O/c1-19(2)17-25-13-12(9-3-4-9)24-15(26-16(13)27(17)5-6-28-19)10-7-11(29-18(20)21)14(22)23-8-10;1-13(2)11-15-9-8(7-3-4-7)16-12(14)17-10(9)18(11)5-6-19-13/h7-9,18H,3-6H2,1-2H3,(H2,22,23);7H,3-6H2,1-2H3. The summed E-state index contributed by atoms with van der Waals surface area (Å²) in [5.41, 5.74) is 10.3. The molecule has 2 saturated carbocycles. The van der Waals surface area contributed by atoms with Crippen molar-refractivity contribution in [1.82, 2.24) is 44.0 Å². The van der Waals surface area contributed by atoms with Crippen molar-refractivity contribution in [3.05, 3.63) is 40.6 Å². The van der Waals surface area contributed by atoms with Crippen LogP contribution in [0, 0.1) is 0 Å². The summed E-state index contributed by atoms with van der Waals surface area (Å²) in [5, 5.41) is 0.321. The highest BCUT2D eigenvalue weighted by atomic mass is 35.5. The van der Waals surface area contributed by atoms with Gasteiger partial charge in [-0.25, -0.2) is 29.9 Å². The van der Waals surface area contributed by atoms with Crippen molar-refractivity contribution in [2.24, 2.45) is 0 Å². The first kappa shape index (κ1) is 31.2. The summed E-state index contributed by atoms with van der Waals surface area (Å²) >= 11 is 6.07. The number of nitrogens with two attached hydrogens (primary N) is 1. The first-order valence-electron chi connectivity index (χ1n) is 16.1. The van der Waals surface area contributed by atoms with Gasteiger partial charge in [0.25, 0.3) is 0 Å². The van der Waals surface area contributed by atoms with Gasteiger partial charge in [0.15, 0.2) is 28.7 Å². The molecular weight excluding hydrogens is 646 g/mol. The zero-order valence-corrected chi connectivity index (χ0v) is 27.8. The maximum absolute atomic E-state index is 12.7. The molecule has 2 fully saturated rings. The Kier molecular flexibility index (Phi) is 7.31. The van der Waals surface area contributed by atoms with E-state index in [9.17, 15) is 8.78 Å². The molecule has 48 heavy (non-hydrogen) atoms. The molecule has 0 unspecified atom stereocenters. The third kappa shape index (κ3) is 5.50. The SMILES string of the molecule is CC1(C)OCCn2c1nc1c(C3CC3)nc(-c3cnc(N)c(OC(F)F)c3)nc12.CC1(C)OCCn2c1nc1c(C3CC3)nc(Cl)nc12. The smallest absolute Gasteiger partial charge is 0.387 e. The van der Waals surface area contributed by atoms with Crippen molar-refractivity contribution < 1.29 is 23.0 Å². The summed E-state index contributed by atoms with van der Waals surface area (Å²) in [4.78, 5) is 31.8. The number of hydrogen-bond donors (Lipinski definition) is 1. The number of ether oxygens (including phenoxy) is 3. The average Bonchev–Trinajstić information content (AvgIpc) is 3.96. The lowest BCUT2D eigenvalue weighted by atomic mass is 10.1. The third-order valence-electron chi connectivity index (χ3n) is 9.13. The van der Waals surface area contributed by atoms with E-state index in [0.717, 1.165) is 64.8 Å². The molecule has 0 saturated heterocycles. The van der Waals surface area contributed by atoms with Crippen molar-refractivity contribution in [3.63, 3.8) is 0 Å². The van der Waals surface area contributed by atoms with Crippen LogP contribution in [0.25, 0.3) is 33.7 Å². The van der Waals surface area contributed by atoms with Gasteiger partial charge in [0.2, 0.25) is 5.28 Å². The van der Waals surface area contributed by atoms with E-state index in [1.54, 1.807) is 0 Å². The molecule has 0 aromatic carbocycles. The van der Waals surface area contributed by atoms with Crippen molar-refractivity contribution in [3.8, 4) is 17.1 Å².